The predicted molar refractivity (Wildman–Crippen MR) is 129 cm³/mol. The van der Waals surface area contributed by atoms with Gasteiger partial charge in [-0.15, -0.1) is 5.10 Å². The van der Waals surface area contributed by atoms with E-state index in [0.717, 1.165) is 11.1 Å². The number of benzene rings is 2. The molecular formula is C25H27N3O3S. The summed E-state index contributed by atoms with van der Waals surface area (Å²) in [5.41, 5.74) is 2.90. The maximum atomic E-state index is 12.9. The Kier molecular flexibility index (Phi) is 6.02. The molecule has 4 aromatic rings. The number of hydrogen-bond acceptors (Lipinski definition) is 6. The average molecular weight is 450 g/mol. The van der Waals surface area contributed by atoms with Crippen molar-refractivity contribution >= 4 is 22.4 Å². The number of hydrogen-bond donors (Lipinski definition) is 0. The molecule has 2 heterocycles. The van der Waals surface area contributed by atoms with E-state index in [1.54, 1.807) is 0 Å². The molecule has 0 aliphatic carbocycles. The van der Waals surface area contributed by atoms with Crippen LogP contribution in [0.1, 0.15) is 45.7 Å². The maximum Gasteiger partial charge on any atom is 0.291 e. The zero-order valence-corrected chi connectivity index (χ0v) is 19.8. The van der Waals surface area contributed by atoms with Crippen LogP contribution in [-0.4, -0.2) is 27.8 Å². The van der Waals surface area contributed by atoms with E-state index in [-0.39, 0.29) is 11.0 Å². The normalized spacial score (nSPS) is 12.5. The highest BCUT2D eigenvalue weighted by molar-refractivity contribution is 7.15. The van der Waals surface area contributed by atoms with Crippen LogP contribution in [0.25, 0.3) is 22.4 Å². The fraction of sp³-hybridized carbons (Fsp3) is 0.320. The monoisotopic (exact) mass is 449 g/mol. The molecule has 0 unspecified atom stereocenters. The second-order valence-electron chi connectivity index (χ2n) is 8.45. The van der Waals surface area contributed by atoms with Gasteiger partial charge in [-0.1, -0.05) is 62.4 Å². The van der Waals surface area contributed by atoms with Crippen molar-refractivity contribution in [3.63, 3.8) is 0 Å². The molecule has 0 spiro atoms. The number of rotatable bonds is 6. The Labute approximate surface area is 191 Å². The molecule has 4 rings (SSSR count). The minimum absolute atomic E-state index is 0.0797. The number of thiazole rings is 1. The lowest BCUT2D eigenvalue weighted by atomic mass is 9.87. The molecule has 32 heavy (non-hydrogen) atoms. The van der Waals surface area contributed by atoms with Crippen molar-refractivity contribution in [2.45, 2.75) is 40.0 Å². The molecule has 0 saturated heterocycles. The van der Waals surface area contributed by atoms with Crippen molar-refractivity contribution in [1.82, 2.24) is 14.6 Å². The molecule has 0 fully saturated rings. The standard InChI is InChI=1S/C25H27N3O3S/c1-6-30-19-13-8-16(14-20(19)31-7-2)15-21-23(29)28-24(32-21)26-22(27-28)17-9-11-18(12-10-17)25(3,4)5/h8-15H,6-7H2,1-5H3. The lowest BCUT2D eigenvalue weighted by Gasteiger charge is -2.18. The molecule has 2 aromatic heterocycles. The first-order valence-electron chi connectivity index (χ1n) is 10.7. The predicted octanol–water partition coefficient (Wildman–Crippen LogP) is 4.46. The molecule has 0 bridgehead atoms. The average Bonchev–Trinajstić information content (AvgIpc) is 3.29. The fourth-order valence-corrected chi connectivity index (χ4v) is 4.29. The summed E-state index contributed by atoms with van der Waals surface area (Å²) in [6, 6.07) is 13.8. The van der Waals surface area contributed by atoms with E-state index in [0.29, 0.717) is 40.0 Å². The van der Waals surface area contributed by atoms with E-state index < -0.39 is 0 Å². The lowest BCUT2D eigenvalue weighted by molar-refractivity contribution is 0.287. The van der Waals surface area contributed by atoms with Crippen LogP contribution in [0.5, 0.6) is 11.5 Å². The van der Waals surface area contributed by atoms with Crippen LogP contribution in [0.2, 0.25) is 0 Å². The van der Waals surface area contributed by atoms with Gasteiger partial charge in [0.1, 0.15) is 0 Å². The molecule has 0 amide bonds. The third-order valence-corrected chi connectivity index (χ3v) is 6.02. The largest absolute Gasteiger partial charge is 0.490 e. The van der Waals surface area contributed by atoms with Crippen LogP contribution in [-0.2, 0) is 5.41 Å². The quantitative estimate of drug-likeness (QED) is 0.435. The summed E-state index contributed by atoms with van der Waals surface area (Å²) >= 11 is 1.32. The van der Waals surface area contributed by atoms with E-state index >= 15 is 0 Å². The Morgan fingerprint density at radius 2 is 1.69 bits per heavy atom. The molecule has 0 N–H and O–H groups in total. The van der Waals surface area contributed by atoms with Crippen LogP contribution < -0.4 is 19.6 Å². The third kappa shape index (κ3) is 4.39. The topological polar surface area (TPSA) is 65.7 Å². The second-order valence-corrected chi connectivity index (χ2v) is 9.45. The van der Waals surface area contributed by atoms with Crippen molar-refractivity contribution in [3.8, 4) is 22.9 Å². The highest BCUT2D eigenvalue weighted by Crippen LogP contribution is 2.29. The Balaban J connectivity index is 1.68. The van der Waals surface area contributed by atoms with Crippen LogP contribution in [0.15, 0.2) is 47.3 Å². The maximum absolute atomic E-state index is 12.9. The SMILES string of the molecule is CCOc1ccc(C=c2sc3nc(-c4ccc(C(C)(C)C)cc4)nn3c2=O)cc1OCC. The highest BCUT2D eigenvalue weighted by Gasteiger charge is 2.16. The smallest absolute Gasteiger partial charge is 0.291 e. The molecule has 6 nitrogen and oxygen atoms in total. The summed E-state index contributed by atoms with van der Waals surface area (Å²) < 4.78 is 13.2. The summed E-state index contributed by atoms with van der Waals surface area (Å²) in [6.07, 6.45) is 1.83. The zero-order valence-electron chi connectivity index (χ0n) is 19.0. The Morgan fingerprint density at radius 3 is 2.31 bits per heavy atom. The Hall–Kier alpha value is -3.19. The van der Waals surface area contributed by atoms with Crippen molar-refractivity contribution in [2.24, 2.45) is 0 Å². The van der Waals surface area contributed by atoms with Gasteiger partial charge in [-0.2, -0.15) is 9.50 Å². The van der Waals surface area contributed by atoms with Gasteiger partial charge in [-0.3, -0.25) is 4.79 Å². The van der Waals surface area contributed by atoms with Crippen molar-refractivity contribution < 1.29 is 9.47 Å². The van der Waals surface area contributed by atoms with Crippen molar-refractivity contribution in [3.05, 3.63) is 68.5 Å². The minimum atomic E-state index is -0.179. The van der Waals surface area contributed by atoms with E-state index in [9.17, 15) is 4.79 Å². The first-order valence-corrected chi connectivity index (χ1v) is 11.5. The number of fused-ring (bicyclic) bond motifs is 1. The fourth-order valence-electron chi connectivity index (χ4n) is 3.38. The highest BCUT2D eigenvalue weighted by atomic mass is 32.1. The van der Waals surface area contributed by atoms with Crippen LogP contribution >= 0.6 is 11.3 Å². The van der Waals surface area contributed by atoms with E-state index in [2.05, 4.69) is 43.0 Å². The van der Waals surface area contributed by atoms with Gasteiger partial charge in [0.15, 0.2) is 17.3 Å². The molecule has 0 aliphatic heterocycles. The van der Waals surface area contributed by atoms with Gasteiger partial charge in [0.2, 0.25) is 4.96 Å². The summed E-state index contributed by atoms with van der Waals surface area (Å²) in [6.45, 7) is 11.5. The van der Waals surface area contributed by atoms with Crippen LogP contribution in [0, 0.1) is 0 Å². The third-order valence-electron chi connectivity index (χ3n) is 5.06. The van der Waals surface area contributed by atoms with E-state index in [1.165, 1.54) is 21.4 Å². The van der Waals surface area contributed by atoms with Gasteiger partial charge in [-0.25, -0.2) is 0 Å². The second kappa shape index (κ2) is 8.74. The van der Waals surface area contributed by atoms with Gasteiger partial charge in [0, 0.05) is 5.56 Å². The minimum Gasteiger partial charge on any atom is -0.490 e. The molecule has 7 heteroatoms. The lowest BCUT2D eigenvalue weighted by Crippen LogP contribution is -2.23. The first kappa shape index (κ1) is 22.0. The summed E-state index contributed by atoms with van der Waals surface area (Å²) in [5.74, 6) is 1.91. The number of nitrogens with zero attached hydrogens (tertiary/aromatic N) is 3. The molecule has 0 radical (unpaired) electrons. The molecule has 2 aromatic carbocycles. The van der Waals surface area contributed by atoms with Gasteiger partial charge in [0.05, 0.1) is 17.7 Å². The zero-order chi connectivity index (χ0) is 22.9. The summed E-state index contributed by atoms with van der Waals surface area (Å²) in [7, 11) is 0. The van der Waals surface area contributed by atoms with Crippen LogP contribution in [0.4, 0.5) is 0 Å². The molecule has 0 saturated carbocycles. The summed E-state index contributed by atoms with van der Waals surface area (Å²) in [4.78, 5) is 18.1. The van der Waals surface area contributed by atoms with E-state index in [4.69, 9.17) is 9.47 Å². The van der Waals surface area contributed by atoms with Gasteiger partial charge in [0.25, 0.3) is 5.56 Å². The molecular weight excluding hydrogens is 422 g/mol. The first-order chi connectivity index (χ1) is 15.3. The van der Waals surface area contributed by atoms with Gasteiger partial charge in [-0.05, 0) is 48.6 Å². The number of ether oxygens (including phenoxy) is 2. The molecule has 166 valence electrons. The molecule has 0 aliphatic rings. The Morgan fingerprint density at radius 1 is 1.00 bits per heavy atom. The van der Waals surface area contributed by atoms with Gasteiger partial charge >= 0.3 is 0 Å². The molecule has 0 atom stereocenters. The van der Waals surface area contributed by atoms with Gasteiger partial charge < -0.3 is 9.47 Å². The van der Waals surface area contributed by atoms with Crippen molar-refractivity contribution in [1.29, 1.82) is 0 Å². The van der Waals surface area contributed by atoms with Crippen molar-refractivity contribution in [2.75, 3.05) is 13.2 Å². The Bertz CT molecular complexity index is 1350. The summed E-state index contributed by atoms with van der Waals surface area (Å²) in [5, 5.41) is 4.46. The van der Waals surface area contributed by atoms with Crippen LogP contribution in [0.3, 0.4) is 0 Å². The van der Waals surface area contributed by atoms with E-state index in [1.807, 2.05) is 50.3 Å². The number of aromatic nitrogens is 3.